The highest BCUT2D eigenvalue weighted by Crippen LogP contribution is 2.48. The Bertz CT molecular complexity index is 241. The van der Waals surface area contributed by atoms with E-state index in [9.17, 15) is 5.11 Å². The van der Waals surface area contributed by atoms with Gasteiger partial charge in [-0.15, -0.1) is 0 Å². The van der Waals surface area contributed by atoms with Crippen molar-refractivity contribution in [3.8, 4) is 0 Å². The van der Waals surface area contributed by atoms with Crippen molar-refractivity contribution < 1.29 is 15.1 Å². The van der Waals surface area contributed by atoms with E-state index in [1.165, 1.54) is 0 Å². The summed E-state index contributed by atoms with van der Waals surface area (Å²) < 4.78 is 4.82. The van der Waals surface area contributed by atoms with Gasteiger partial charge >= 0.3 is 0 Å². The maximum absolute atomic E-state index is 9.42. The van der Waals surface area contributed by atoms with Gasteiger partial charge in [-0.3, -0.25) is 0 Å². The number of hydrogen-bond donors (Lipinski definition) is 4. The molecule has 0 saturated heterocycles. The summed E-state index contributed by atoms with van der Waals surface area (Å²) in [6, 6.07) is 0. The molecule has 0 aromatic rings. The summed E-state index contributed by atoms with van der Waals surface area (Å²) in [5.41, 5.74) is 5.61. The first-order chi connectivity index (χ1) is 7.62. The van der Waals surface area contributed by atoms with E-state index in [0.29, 0.717) is 19.6 Å². The molecule has 1 saturated carbocycles. The smallest absolute Gasteiger partial charge is 0.139 e. The highest BCUT2D eigenvalue weighted by molar-refractivity contribution is 5.80. The Morgan fingerprint density at radius 1 is 1.62 bits per heavy atom. The summed E-state index contributed by atoms with van der Waals surface area (Å²) in [6.45, 7) is 1.62. The number of amidine groups is 1. The standard InChI is InChI=1S/C10H21N3O3/c1-16-6-8(14)5-12-7-10(2-3-10)4-9(11)13-15/h8,12,14-15H,2-7H2,1H3,(H2,11,13). The van der Waals surface area contributed by atoms with Crippen LogP contribution < -0.4 is 11.1 Å². The van der Waals surface area contributed by atoms with E-state index in [1.807, 2.05) is 0 Å². The van der Waals surface area contributed by atoms with Gasteiger partial charge in [0.15, 0.2) is 0 Å². The molecule has 6 nitrogen and oxygen atoms in total. The Morgan fingerprint density at radius 2 is 2.31 bits per heavy atom. The van der Waals surface area contributed by atoms with Gasteiger partial charge in [-0.25, -0.2) is 0 Å². The molecule has 1 aliphatic carbocycles. The van der Waals surface area contributed by atoms with Crippen LogP contribution in [0.15, 0.2) is 5.16 Å². The number of aliphatic hydroxyl groups is 1. The Kier molecular flexibility index (Phi) is 4.98. The van der Waals surface area contributed by atoms with Crippen LogP contribution >= 0.6 is 0 Å². The normalized spacial score (nSPS) is 20.8. The highest BCUT2D eigenvalue weighted by atomic mass is 16.5. The largest absolute Gasteiger partial charge is 0.409 e. The number of ether oxygens (including phenoxy) is 1. The van der Waals surface area contributed by atoms with Gasteiger partial charge in [-0.05, 0) is 18.3 Å². The van der Waals surface area contributed by atoms with E-state index in [1.54, 1.807) is 7.11 Å². The van der Waals surface area contributed by atoms with Crippen molar-refractivity contribution in [1.82, 2.24) is 5.32 Å². The third-order valence-corrected chi connectivity index (χ3v) is 2.88. The van der Waals surface area contributed by atoms with Gasteiger partial charge in [0, 0.05) is 26.6 Å². The first-order valence-corrected chi connectivity index (χ1v) is 5.46. The summed E-state index contributed by atoms with van der Waals surface area (Å²) in [6.07, 6.45) is 2.29. The maximum Gasteiger partial charge on any atom is 0.139 e. The molecule has 1 rings (SSSR count). The van der Waals surface area contributed by atoms with Crippen molar-refractivity contribution in [3.05, 3.63) is 0 Å². The zero-order valence-electron chi connectivity index (χ0n) is 9.65. The van der Waals surface area contributed by atoms with Crippen molar-refractivity contribution >= 4 is 5.84 Å². The second-order valence-corrected chi connectivity index (χ2v) is 4.51. The molecule has 0 heterocycles. The second-order valence-electron chi connectivity index (χ2n) is 4.51. The number of methoxy groups -OCH3 is 1. The van der Waals surface area contributed by atoms with Crippen LogP contribution in [-0.4, -0.2) is 49.1 Å². The van der Waals surface area contributed by atoms with Crippen molar-refractivity contribution in [2.24, 2.45) is 16.3 Å². The summed E-state index contributed by atoms with van der Waals surface area (Å²) in [5.74, 6) is 0.275. The fraction of sp³-hybridized carbons (Fsp3) is 0.900. The van der Waals surface area contributed by atoms with Crippen molar-refractivity contribution in [1.29, 1.82) is 0 Å². The predicted molar refractivity (Wildman–Crippen MR) is 60.4 cm³/mol. The van der Waals surface area contributed by atoms with Gasteiger partial charge in [-0.1, -0.05) is 5.16 Å². The van der Waals surface area contributed by atoms with Crippen molar-refractivity contribution in [3.63, 3.8) is 0 Å². The van der Waals surface area contributed by atoms with Crippen LogP contribution in [0.3, 0.4) is 0 Å². The Labute approximate surface area is 95.5 Å². The third-order valence-electron chi connectivity index (χ3n) is 2.88. The zero-order valence-corrected chi connectivity index (χ0v) is 9.65. The molecule has 5 N–H and O–H groups in total. The van der Waals surface area contributed by atoms with Crippen molar-refractivity contribution in [2.45, 2.75) is 25.4 Å². The van der Waals surface area contributed by atoms with Gasteiger partial charge in [0.2, 0.25) is 0 Å². The average Bonchev–Trinajstić information content (AvgIpc) is 2.98. The minimum Gasteiger partial charge on any atom is -0.409 e. The van der Waals surface area contributed by atoms with E-state index >= 15 is 0 Å². The van der Waals surface area contributed by atoms with Crippen LogP contribution in [0.4, 0.5) is 0 Å². The van der Waals surface area contributed by atoms with Crippen LogP contribution in [0, 0.1) is 5.41 Å². The van der Waals surface area contributed by atoms with E-state index in [0.717, 1.165) is 19.4 Å². The van der Waals surface area contributed by atoms with Crippen LogP contribution in [0.1, 0.15) is 19.3 Å². The molecule has 1 atom stereocenters. The van der Waals surface area contributed by atoms with Gasteiger partial charge in [0.25, 0.3) is 0 Å². The summed E-state index contributed by atoms with van der Waals surface area (Å²) in [5, 5.41) is 24.1. The third kappa shape index (κ3) is 4.34. The fourth-order valence-corrected chi connectivity index (χ4v) is 1.77. The van der Waals surface area contributed by atoms with Crippen molar-refractivity contribution in [2.75, 3.05) is 26.8 Å². The van der Waals surface area contributed by atoms with Crippen LogP contribution in [0.2, 0.25) is 0 Å². The molecule has 16 heavy (non-hydrogen) atoms. The lowest BCUT2D eigenvalue weighted by atomic mass is 10.0. The molecule has 6 heteroatoms. The Balaban J connectivity index is 2.17. The first-order valence-electron chi connectivity index (χ1n) is 5.46. The lowest BCUT2D eigenvalue weighted by Crippen LogP contribution is -2.35. The maximum atomic E-state index is 9.42. The average molecular weight is 231 g/mol. The lowest BCUT2D eigenvalue weighted by Gasteiger charge is -2.17. The first kappa shape index (κ1) is 13.2. The summed E-state index contributed by atoms with van der Waals surface area (Å²) in [4.78, 5) is 0. The van der Waals surface area contributed by atoms with Crippen LogP contribution in [-0.2, 0) is 4.74 Å². The lowest BCUT2D eigenvalue weighted by molar-refractivity contribution is 0.0638. The SMILES string of the molecule is COCC(O)CNCC1(CC(N)=NO)CC1. The fourth-order valence-electron chi connectivity index (χ4n) is 1.77. The van der Waals surface area contributed by atoms with Crippen LogP contribution in [0.25, 0.3) is 0 Å². The monoisotopic (exact) mass is 231 g/mol. The molecule has 1 fully saturated rings. The molecular weight excluding hydrogens is 210 g/mol. The Morgan fingerprint density at radius 3 is 2.81 bits per heavy atom. The second kappa shape index (κ2) is 6.03. The van der Waals surface area contributed by atoms with E-state index in [-0.39, 0.29) is 11.3 Å². The number of hydrogen-bond acceptors (Lipinski definition) is 5. The number of nitrogens with one attached hydrogen (secondary N) is 1. The Hall–Kier alpha value is -0.850. The molecule has 94 valence electrons. The molecule has 1 aliphatic rings. The molecule has 0 spiro atoms. The number of nitrogens with two attached hydrogens (primary N) is 1. The molecule has 0 amide bonds. The quantitative estimate of drug-likeness (QED) is 0.195. The molecule has 0 aromatic carbocycles. The zero-order chi connectivity index (χ0) is 12.0. The molecule has 0 radical (unpaired) electrons. The number of nitrogens with zero attached hydrogens (tertiary/aromatic N) is 1. The minimum atomic E-state index is -0.482. The number of aliphatic hydroxyl groups excluding tert-OH is 1. The molecule has 0 aromatic heterocycles. The molecule has 1 unspecified atom stereocenters. The number of rotatable bonds is 8. The summed E-state index contributed by atoms with van der Waals surface area (Å²) >= 11 is 0. The minimum absolute atomic E-state index is 0.128. The predicted octanol–water partition coefficient (Wildman–Crippen LogP) is -0.500. The van der Waals surface area contributed by atoms with Crippen LogP contribution in [0.5, 0.6) is 0 Å². The van der Waals surface area contributed by atoms with Gasteiger partial charge in [-0.2, -0.15) is 0 Å². The van der Waals surface area contributed by atoms with Gasteiger partial charge < -0.3 is 26.1 Å². The molecule has 0 bridgehead atoms. The van der Waals surface area contributed by atoms with E-state index < -0.39 is 6.10 Å². The highest BCUT2D eigenvalue weighted by Gasteiger charge is 2.42. The summed E-state index contributed by atoms with van der Waals surface area (Å²) in [7, 11) is 1.56. The molecule has 0 aliphatic heterocycles. The number of oxime groups is 1. The van der Waals surface area contributed by atoms with E-state index in [2.05, 4.69) is 10.5 Å². The topological polar surface area (TPSA) is 100 Å². The molecular formula is C10H21N3O3. The van der Waals surface area contributed by atoms with Gasteiger partial charge in [0.05, 0.1) is 12.7 Å². The van der Waals surface area contributed by atoms with E-state index in [4.69, 9.17) is 15.7 Å². The van der Waals surface area contributed by atoms with Gasteiger partial charge in [0.1, 0.15) is 5.84 Å².